The van der Waals surface area contributed by atoms with Gasteiger partial charge in [-0.15, -0.1) is 0 Å². The van der Waals surface area contributed by atoms with E-state index in [0.717, 1.165) is 56.9 Å². The van der Waals surface area contributed by atoms with Crippen LogP contribution in [0.1, 0.15) is 58.2 Å². The fourth-order valence-electron chi connectivity index (χ4n) is 6.44. The molecule has 4 N–H and O–H groups in total. The molecule has 294 valence electrons. The number of nitrogens with one attached hydrogen (secondary N) is 3. The number of benzene rings is 5. The van der Waals surface area contributed by atoms with E-state index in [4.69, 9.17) is 4.74 Å². The summed E-state index contributed by atoms with van der Waals surface area (Å²) in [6.07, 6.45) is 0.138. The van der Waals surface area contributed by atoms with Gasteiger partial charge >= 0.3 is 5.97 Å². The quantitative estimate of drug-likeness (QED) is 0.0442. The van der Waals surface area contributed by atoms with Crippen LogP contribution in [0.2, 0.25) is 0 Å². The number of hydrogen-bond donors (Lipinski definition) is 4. The molecule has 0 aromatic heterocycles. The normalized spacial score (nSPS) is 11.4. The molecule has 0 radical (unpaired) electrons. The number of hydrogen-bond acceptors (Lipinski definition) is 8. The molecule has 5 aromatic rings. The fourth-order valence-corrected chi connectivity index (χ4v) is 6.44. The maximum atomic E-state index is 13.1. The van der Waals surface area contributed by atoms with E-state index in [1.807, 2.05) is 72.8 Å². The first kappa shape index (κ1) is 44.3. The summed E-state index contributed by atoms with van der Waals surface area (Å²) in [6, 6.07) is 42.1. The molecule has 0 aliphatic rings. The summed E-state index contributed by atoms with van der Waals surface area (Å²) in [7, 11) is 4.17. The van der Waals surface area contributed by atoms with Crippen LogP contribution in [0, 0.1) is 37.2 Å². The van der Waals surface area contributed by atoms with Gasteiger partial charge in [0, 0.05) is 85.9 Å². The molecule has 0 fully saturated rings. The van der Waals surface area contributed by atoms with Crippen molar-refractivity contribution >= 4 is 40.1 Å². The van der Waals surface area contributed by atoms with E-state index < -0.39 is 0 Å². The fraction of sp³-hybridized carbons (Fsp3) is 0.319. The number of rotatable bonds is 16. The number of aromatic hydroxyl groups is 1. The number of esters is 1. The molecule has 0 unspecified atom stereocenters. The molecule has 5 rings (SSSR count). The van der Waals surface area contributed by atoms with Gasteiger partial charge in [-0.2, -0.15) is 0 Å². The molecule has 0 saturated heterocycles. The van der Waals surface area contributed by atoms with Gasteiger partial charge in [0.2, 0.25) is 0 Å². The molecule has 0 amide bonds. The van der Waals surface area contributed by atoms with Gasteiger partial charge in [-0.05, 0) is 100 Å². The Morgan fingerprint density at radius 3 is 1.43 bits per heavy atom. The van der Waals surface area contributed by atoms with E-state index in [9.17, 15) is 9.90 Å². The van der Waals surface area contributed by atoms with E-state index in [2.05, 4.69) is 130 Å². The number of nitrogens with zero attached hydrogens (tertiary/aromatic N) is 2. The number of phenolic OH excluding ortho intramolecular Hbond substituents is 1. The first-order valence-electron chi connectivity index (χ1n) is 19.0. The zero-order chi connectivity index (χ0) is 39.6. The molecule has 9 heteroatoms. The van der Waals surface area contributed by atoms with Crippen molar-refractivity contribution in [2.24, 2.45) is 0 Å². The second-order valence-electron chi connectivity index (χ2n) is 16.3. The Kier molecular flexibility index (Phi) is 15.9. The van der Waals surface area contributed by atoms with Crippen molar-refractivity contribution in [2.45, 2.75) is 58.8 Å². The van der Waals surface area contributed by atoms with Crippen molar-refractivity contribution in [3.63, 3.8) is 0 Å². The topological polar surface area (TPSA) is 89.1 Å². The average Bonchev–Trinajstić information content (AvgIpc) is 3.14. The Balaban J connectivity index is 0.00000696. The van der Waals surface area contributed by atoms with Crippen molar-refractivity contribution in [3.8, 4) is 5.75 Å². The zero-order valence-corrected chi connectivity index (χ0v) is 38.4. The Bertz CT molecular complexity index is 1830. The van der Waals surface area contributed by atoms with Crippen molar-refractivity contribution in [3.05, 3.63) is 144 Å². The second kappa shape index (κ2) is 20.1. The summed E-state index contributed by atoms with van der Waals surface area (Å²) in [5.74, 6) is 0.00954. The predicted octanol–water partition coefficient (Wildman–Crippen LogP) is 9.95. The molecular formula is C47H58N5O3U-. The zero-order valence-electron chi connectivity index (χ0n) is 34.2. The molecule has 0 aliphatic heterocycles. The van der Waals surface area contributed by atoms with Gasteiger partial charge in [0.15, 0.2) is 0 Å². The van der Waals surface area contributed by atoms with Crippen LogP contribution >= 0.6 is 0 Å². The van der Waals surface area contributed by atoms with Crippen LogP contribution in [-0.2, 0) is 26.8 Å². The molecule has 56 heavy (non-hydrogen) atoms. The van der Waals surface area contributed by atoms with Crippen molar-refractivity contribution in [1.82, 2.24) is 5.32 Å². The molecule has 0 heterocycles. The minimum atomic E-state index is -0.295. The molecule has 0 aliphatic carbocycles. The smallest absolute Gasteiger partial charge is 0.310 e. The number of para-hydroxylation sites is 2. The summed E-state index contributed by atoms with van der Waals surface area (Å²) in [6.45, 7) is 14.4. The third-order valence-electron chi connectivity index (χ3n) is 9.47. The third-order valence-corrected chi connectivity index (χ3v) is 9.47. The minimum Gasteiger partial charge on any atom is -0.507 e. The molecule has 0 spiro atoms. The van der Waals surface area contributed by atoms with E-state index >= 15 is 0 Å². The van der Waals surface area contributed by atoms with Gasteiger partial charge in [-0.25, -0.2) is 6.04 Å². The van der Waals surface area contributed by atoms with Crippen LogP contribution in [0.5, 0.6) is 5.75 Å². The Hall–Kier alpha value is -4.42. The van der Waals surface area contributed by atoms with Crippen molar-refractivity contribution in [1.29, 1.82) is 0 Å². The number of likely N-dealkylation sites (N-methyl/N-ethyl adjacent to an activating group) is 2. The van der Waals surface area contributed by atoms with Gasteiger partial charge in [-0.1, -0.05) is 103 Å². The summed E-state index contributed by atoms with van der Waals surface area (Å²) >= 11 is 0. The van der Waals surface area contributed by atoms with Gasteiger partial charge in [0.05, 0.1) is 6.42 Å². The monoisotopic (exact) mass is 979 g/mol. The molecule has 5 aromatic carbocycles. The Morgan fingerprint density at radius 2 is 1.04 bits per heavy atom. The maximum absolute atomic E-state index is 13.1. The van der Waals surface area contributed by atoms with Crippen LogP contribution in [0.4, 0.5) is 34.1 Å². The number of carbonyl (C=O) groups is 1. The first-order chi connectivity index (χ1) is 26.2. The van der Waals surface area contributed by atoms with Crippen molar-refractivity contribution < 1.29 is 45.8 Å². The molecule has 0 bridgehead atoms. The van der Waals surface area contributed by atoms with Crippen LogP contribution in [0.25, 0.3) is 0 Å². The SMILES string of the molecule is CN(C[C-](CN(C)c1ccc(Nc2ccccc2)cc1)NCCOC(=O)Cc1cc(C(C)(C)C)c(O)c(C(C)(C)C)c1)c1ccc(Nc2ccccc2)cc1.[U]. The molecule has 0 saturated carbocycles. The van der Waals surface area contributed by atoms with Crippen molar-refractivity contribution in [2.75, 3.05) is 60.8 Å². The van der Waals surface area contributed by atoms with Gasteiger partial charge < -0.3 is 35.6 Å². The van der Waals surface area contributed by atoms with Gasteiger partial charge in [0.1, 0.15) is 12.4 Å². The second-order valence-corrected chi connectivity index (χ2v) is 16.3. The van der Waals surface area contributed by atoms with Gasteiger partial charge in [-0.3, -0.25) is 4.79 Å². The van der Waals surface area contributed by atoms with Crippen LogP contribution < -0.4 is 25.8 Å². The number of carbonyl (C=O) groups excluding carboxylic acids is 1. The van der Waals surface area contributed by atoms with Crippen LogP contribution in [-0.4, -0.2) is 51.4 Å². The summed E-state index contributed by atoms with van der Waals surface area (Å²) < 4.78 is 5.76. The average molecular weight is 979 g/mol. The maximum Gasteiger partial charge on any atom is 0.310 e. The molecular weight excluding hydrogens is 921 g/mol. The first-order valence-corrected chi connectivity index (χ1v) is 19.0. The van der Waals surface area contributed by atoms with Gasteiger partial charge in [0.25, 0.3) is 0 Å². The third kappa shape index (κ3) is 13.1. The minimum absolute atomic E-state index is 0. The van der Waals surface area contributed by atoms with Crippen LogP contribution in [0.3, 0.4) is 0 Å². The van der Waals surface area contributed by atoms with E-state index in [0.29, 0.717) is 25.4 Å². The van der Waals surface area contributed by atoms with E-state index in [-0.39, 0.29) is 60.9 Å². The predicted molar refractivity (Wildman–Crippen MR) is 230 cm³/mol. The molecule has 8 nitrogen and oxygen atoms in total. The summed E-state index contributed by atoms with van der Waals surface area (Å²) in [4.78, 5) is 17.6. The number of ether oxygens (including phenoxy) is 1. The number of anilines is 6. The largest absolute Gasteiger partial charge is 0.507 e. The van der Waals surface area contributed by atoms with E-state index in [1.165, 1.54) is 0 Å². The molecule has 0 atom stereocenters. The summed E-state index contributed by atoms with van der Waals surface area (Å²) in [5.41, 5.74) is 8.27. The van der Waals surface area contributed by atoms with E-state index in [1.54, 1.807) is 0 Å². The Morgan fingerprint density at radius 1 is 0.643 bits per heavy atom. The van der Waals surface area contributed by atoms with Crippen LogP contribution in [0.15, 0.2) is 121 Å². The standard InChI is InChI=1S/C47H58N5O3.U/c1-46(2,3)42-29-34(30-43(45(42)54)47(4,5)6)31-44(53)55-28-27-48-39(32-51(7)40-23-19-37(20-24-40)49-35-15-11-9-12-16-35)33-52(8)41-25-21-38(22-26-41)50-36-17-13-10-14-18-36;/h9-26,29-30,48-50,54H,27-28,31-33H2,1-8H3;/q-1;. The number of phenols is 1. The summed E-state index contributed by atoms with van der Waals surface area (Å²) in [5, 5.41) is 21.6. The Labute approximate surface area is 358 Å².